The molecule has 0 fully saturated rings. The lowest BCUT2D eigenvalue weighted by Crippen LogP contribution is -2.51. The quantitative estimate of drug-likeness (QED) is 0.298. The number of hydrogen-bond acceptors (Lipinski definition) is 5. The van der Waals surface area contributed by atoms with Gasteiger partial charge in [-0.3, -0.25) is 13.9 Å². The summed E-state index contributed by atoms with van der Waals surface area (Å²) in [4.78, 5) is 28.3. The molecule has 0 radical (unpaired) electrons. The molecule has 0 unspecified atom stereocenters. The van der Waals surface area contributed by atoms with Crippen molar-refractivity contribution in [3.63, 3.8) is 0 Å². The fourth-order valence-corrected chi connectivity index (χ4v) is 5.66. The minimum Gasteiger partial charge on any atom is -0.494 e. The Morgan fingerprint density at radius 3 is 2.27 bits per heavy atom. The van der Waals surface area contributed by atoms with E-state index in [0.29, 0.717) is 23.9 Å². The van der Waals surface area contributed by atoms with Crippen LogP contribution in [0.2, 0.25) is 5.02 Å². The predicted octanol–water partition coefficient (Wildman–Crippen LogP) is 5.19. The van der Waals surface area contributed by atoms with Crippen molar-refractivity contribution in [2.45, 2.75) is 51.6 Å². The van der Waals surface area contributed by atoms with E-state index in [1.807, 2.05) is 45.0 Å². The van der Waals surface area contributed by atoms with E-state index in [0.717, 1.165) is 21.9 Å². The molecule has 8 nitrogen and oxygen atoms in total. The molecule has 0 heterocycles. The van der Waals surface area contributed by atoms with Gasteiger partial charge in [0.1, 0.15) is 18.3 Å². The molecular formula is C30H36ClN3O5S. The number of nitrogens with one attached hydrogen (secondary N) is 1. The van der Waals surface area contributed by atoms with Crippen LogP contribution in [0.25, 0.3) is 0 Å². The molecule has 3 aromatic carbocycles. The Balaban J connectivity index is 2.02. The number of anilines is 1. The lowest BCUT2D eigenvalue weighted by molar-refractivity contribution is -0.139. The third-order valence-corrected chi connectivity index (χ3v) is 8.31. The molecule has 2 amide bonds. The average Bonchev–Trinajstić information content (AvgIpc) is 2.93. The van der Waals surface area contributed by atoms with Gasteiger partial charge >= 0.3 is 0 Å². The Morgan fingerprint density at radius 1 is 1.00 bits per heavy atom. The molecule has 3 aromatic rings. The highest BCUT2D eigenvalue weighted by atomic mass is 35.5. The largest absolute Gasteiger partial charge is 0.494 e. The summed E-state index contributed by atoms with van der Waals surface area (Å²) in [5, 5.41) is 3.23. The molecule has 0 aliphatic rings. The second-order valence-electron chi connectivity index (χ2n) is 9.37. The molecule has 0 bridgehead atoms. The highest BCUT2D eigenvalue weighted by Crippen LogP contribution is 2.27. The van der Waals surface area contributed by atoms with Gasteiger partial charge in [-0.15, -0.1) is 0 Å². The monoisotopic (exact) mass is 585 g/mol. The summed E-state index contributed by atoms with van der Waals surface area (Å²) in [6.07, 6.45) is 0.745. The van der Waals surface area contributed by atoms with Crippen molar-refractivity contribution in [3.05, 3.63) is 88.9 Å². The molecule has 10 heteroatoms. The molecule has 0 aromatic heterocycles. The minimum absolute atomic E-state index is 0.0162. The van der Waals surface area contributed by atoms with Gasteiger partial charge in [0, 0.05) is 18.1 Å². The molecule has 0 spiro atoms. The number of halogens is 1. The van der Waals surface area contributed by atoms with Gasteiger partial charge < -0.3 is 15.0 Å². The predicted molar refractivity (Wildman–Crippen MR) is 158 cm³/mol. The molecule has 1 N–H and O–H groups in total. The number of nitrogens with zero attached hydrogens (tertiary/aromatic N) is 2. The Bertz CT molecular complexity index is 1400. The molecule has 40 heavy (non-hydrogen) atoms. The zero-order chi connectivity index (χ0) is 29.3. The van der Waals surface area contributed by atoms with Gasteiger partial charge in [0.2, 0.25) is 11.8 Å². The first-order chi connectivity index (χ1) is 19.1. The molecule has 0 saturated carbocycles. The van der Waals surface area contributed by atoms with Gasteiger partial charge in [0.15, 0.2) is 0 Å². The van der Waals surface area contributed by atoms with Crippen LogP contribution >= 0.6 is 11.6 Å². The minimum atomic E-state index is -4.18. The molecule has 0 aliphatic carbocycles. The highest BCUT2D eigenvalue weighted by molar-refractivity contribution is 7.92. The third-order valence-electron chi connectivity index (χ3n) is 6.27. The Labute approximate surface area is 241 Å². The molecule has 3 rings (SSSR count). The van der Waals surface area contributed by atoms with Crippen molar-refractivity contribution in [3.8, 4) is 5.75 Å². The smallest absolute Gasteiger partial charge is 0.264 e. The van der Waals surface area contributed by atoms with Crippen LogP contribution in [0.3, 0.4) is 0 Å². The van der Waals surface area contributed by atoms with Gasteiger partial charge in [-0.2, -0.15) is 0 Å². The van der Waals surface area contributed by atoms with E-state index in [4.69, 9.17) is 16.3 Å². The van der Waals surface area contributed by atoms with Crippen LogP contribution in [0.5, 0.6) is 5.75 Å². The first kappa shape index (κ1) is 31.0. The second-order valence-corrected chi connectivity index (χ2v) is 11.7. The number of carbonyl (C=O) groups excluding carboxylic acids is 2. The van der Waals surface area contributed by atoms with E-state index >= 15 is 0 Å². The number of ether oxygens (including phenoxy) is 1. The topological polar surface area (TPSA) is 96.0 Å². The summed E-state index contributed by atoms with van der Waals surface area (Å²) in [5.74, 6) is -0.258. The molecule has 0 aliphatic heterocycles. The molecule has 1 atom stereocenters. The van der Waals surface area contributed by atoms with Crippen LogP contribution in [-0.2, 0) is 26.2 Å². The number of carbonyl (C=O) groups is 2. The molecule has 0 saturated heterocycles. The fourth-order valence-electron chi connectivity index (χ4n) is 4.12. The average molecular weight is 586 g/mol. The van der Waals surface area contributed by atoms with E-state index in [1.54, 1.807) is 31.2 Å². The lowest BCUT2D eigenvalue weighted by atomic mass is 10.1. The van der Waals surface area contributed by atoms with Crippen LogP contribution in [0, 0.1) is 6.92 Å². The van der Waals surface area contributed by atoms with Crippen LogP contribution in [0.4, 0.5) is 5.69 Å². The maximum Gasteiger partial charge on any atom is 0.264 e. The number of sulfonamides is 1. The Hall–Kier alpha value is -3.56. The zero-order valence-electron chi connectivity index (χ0n) is 23.3. The SMILES string of the molecule is CCCNC(=O)[C@@H](C)N(Cc1cccc(C)c1)C(=O)CN(c1ccc(OCC)cc1)S(=O)(=O)c1ccc(Cl)cc1. The van der Waals surface area contributed by atoms with Gasteiger partial charge in [-0.1, -0.05) is 48.4 Å². The number of amides is 2. The zero-order valence-corrected chi connectivity index (χ0v) is 24.8. The van der Waals surface area contributed by atoms with Crippen molar-refractivity contribution >= 4 is 39.1 Å². The van der Waals surface area contributed by atoms with Crippen molar-refractivity contribution in [1.82, 2.24) is 10.2 Å². The van der Waals surface area contributed by atoms with Gasteiger partial charge in [-0.25, -0.2) is 8.42 Å². The summed E-state index contributed by atoms with van der Waals surface area (Å²) in [7, 11) is -4.18. The first-order valence-electron chi connectivity index (χ1n) is 13.2. The van der Waals surface area contributed by atoms with Crippen molar-refractivity contribution < 1.29 is 22.7 Å². The van der Waals surface area contributed by atoms with Crippen molar-refractivity contribution in [1.29, 1.82) is 0 Å². The normalized spacial score (nSPS) is 11.9. The third kappa shape index (κ3) is 7.99. The number of benzene rings is 3. The van der Waals surface area contributed by atoms with E-state index in [-0.39, 0.29) is 23.0 Å². The van der Waals surface area contributed by atoms with Crippen LogP contribution < -0.4 is 14.4 Å². The lowest BCUT2D eigenvalue weighted by Gasteiger charge is -2.32. The van der Waals surface area contributed by atoms with Gasteiger partial charge in [0.25, 0.3) is 10.0 Å². The second kappa shape index (κ2) is 14.2. The van der Waals surface area contributed by atoms with Crippen LogP contribution in [0.15, 0.2) is 77.7 Å². The molecule has 214 valence electrons. The van der Waals surface area contributed by atoms with Gasteiger partial charge in [0.05, 0.1) is 17.2 Å². The Morgan fingerprint density at radius 2 is 1.68 bits per heavy atom. The van der Waals surface area contributed by atoms with Crippen LogP contribution in [-0.4, -0.2) is 50.9 Å². The summed E-state index contributed by atoms with van der Waals surface area (Å²) in [6.45, 7) is 7.93. The van der Waals surface area contributed by atoms with Crippen molar-refractivity contribution in [2.24, 2.45) is 0 Å². The molecular weight excluding hydrogens is 550 g/mol. The number of hydrogen-bond donors (Lipinski definition) is 1. The van der Waals surface area contributed by atoms with E-state index in [9.17, 15) is 18.0 Å². The van der Waals surface area contributed by atoms with Crippen LogP contribution in [0.1, 0.15) is 38.3 Å². The fraction of sp³-hybridized carbons (Fsp3) is 0.333. The highest BCUT2D eigenvalue weighted by Gasteiger charge is 2.32. The first-order valence-corrected chi connectivity index (χ1v) is 15.0. The summed E-state index contributed by atoms with van der Waals surface area (Å²) >= 11 is 6.00. The summed E-state index contributed by atoms with van der Waals surface area (Å²) in [6, 6.07) is 19.0. The number of aryl methyl sites for hydroxylation is 1. The maximum atomic E-state index is 13.9. The number of rotatable bonds is 13. The maximum absolute atomic E-state index is 13.9. The Kier molecular flexibility index (Phi) is 11.0. The van der Waals surface area contributed by atoms with E-state index < -0.39 is 28.5 Å². The van der Waals surface area contributed by atoms with Crippen molar-refractivity contribution in [2.75, 3.05) is 24.0 Å². The van der Waals surface area contributed by atoms with Gasteiger partial charge in [-0.05, 0) is 81.3 Å². The standard InChI is InChI=1S/C30H36ClN3O5S/c1-5-18-32-30(36)23(4)33(20-24-9-7-8-22(3)19-24)29(35)21-34(26-12-14-27(15-13-26)39-6-2)40(37,38)28-16-10-25(31)11-17-28/h7-17,19,23H,5-6,18,20-21H2,1-4H3,(H,32,36)/t23-/m1/s1. The summed E-state index contributed by atoms with van der Waals surface area (Å²) in [5.41, 5.74) is 2.12. The van der Waals surface area contributed by atoms with E-state index in [2.05, 4.69) is 5.32 Å². The summed E-state index contributed by atoms with van der Waals surface area (Å²) < 4.78 is 34.3. The van der Waals surface area contributed by atoms with E-state index in [1.165, 1.54) is 29.2 Å².